The fourth-order valence-corrected chi connectivity index (χ4v) is 4.33. The highest BCUT2D eigenvalue weighted by Crippen LogP contribution is 2.47. The van der Waals surface area contributed by atoms with Crippen LogP contribution in [0.1, 0.15) is 43.7 Å². The van der Waals surface area contributed by atoms with Crippen molar-refractivity contribution in [3.8, 4) is 0 Å². The maximum atomic E-state index is 10.9. The zero-order chi connectivity index (χ0) is 14.1. The molecule has 1 heterocycles. The first-order valence-corrected chi connectivity index (χ1v) is 7.82. The molecular weight excluding hydrogens is 248 g/mol. The molecule has 1 amide bonds. The maximum Gasteiger partial charge on any atom is 0.211 e. The Labute approximate surface area is 121 Å². The summed E-state index contributed by atoms with van der Waals surface area (Å²) in [5.41, 5.74) is 3.86. The highest BCUT2D eigenvalue weighted by atomic mass is 16.1. The SMILES string of the molecule is CCCN1C[C@H](C)[C@H]2c3c(cccc3NC=O)CCC21. The van der Waals surface area contributed by atoms with Crippen LogP contribution in [0, 0.1) is 5.92 Å². The molecule has 1 aromatic rings. The number of carbonyl (C=O) groups is 1. The van der Waals surface area contributed by atoms with Crippen LogP contribution < -0.4 is 5.32 Å². The summed E-state index contributed by atoms with van der Waals surface area (Å²) < 4.78 is 0. The standard InChI is InChI=1S/C17H24N2O/c1-3-9-19-10-12(2)16-15(19)8-7-13-5-4-6-14(17(13)16)18-11-20/h4-6,11-12,15-16H,3,7-10H2,1-2H3,(H,18,20)/t12-,15?,16+/m0/s1. The number of aryl methyl sites for hydroxylation is 1. The highest BCUT2D eigenvalue weighted by molar-refractivity contribution is 5.75. The minimum absolute atomic E-state index is 0.578. The largest absolute Gasteiger partial charge is 0.328 e. The number of fused-ring (bicyclic) bond motifs is 3. The van der Waals surface area contributed by atoms with Gasteiger partial charge in [-0.1, -0.05) is 26.0 Å². The van der Waals surface area contributed by atoms with Gasteiger partial charge >= 0.3 is 0 Å². The van der Waals surface area contributed by atoms with Crippen molar-refractivity contribution in [1.82, 2.24) is 4.90 Å². The molecule has 1 aliphatic carbocycles. The Bertz CT molecular complexity index is 500. The minimum atomic E-state index is 0.578. The molecular formula is C17H24N2O. The van der Waals surface area contributed by atoms with E-state index in [0.29, 0.717) is 17.9 Å². The van der Waals surface area contributed by atoms with Gasteiger partial charge in [-0.15, -0.1) is 0 Å². The fourth-order valence-electron chi connectivity index (χ4n) is 4.33. The van der Waals surface area contributed by atoms with E-state index in [-0.39, 0.29) is 0 Å². The van der Waals surface area contributed by atoms with Crippen LogP contribution in [-0.4, -0.2) is 30.4 Å². The molecule has 1 unspecified atom stereocenters. The van der Waals surface area contributed by atoms with Crippen molar-refractivity contribution < 1.29 is 4.79 Å². The Morgan fingerprint density at radius 3 is 3.05 bits per heavy atom. The Morgan fingerprint density at radius 2 is 2.30 bits per heavy atom. The third-order valence-electron chi connectivity index (χ3n) is 4.98. The number of benzene rings is 1. The molecule has 0 bridgehead atoms. The quantitative estimate of drug-likeness (QED) is 0.855. The van der Waals surface area contributed by atoms with Crippen molar-refractivity contribution in [3.05, 3.63) is 29.3 Å². The number of hydrogen-bond acceptors (Lipinski definition) is 2. The van der Waals surface area contributed by atoms with Gasteiger partial charge in [0.25, 0.3) is 0 Å². The van der Waals surface area contributed by atoms with Gasteiger partial charge in [0.05, 0.1) is 0 Å². The summed E-state index contributed by atoms with van der Waals surface area (Å²) in [4.78, 5) is 13.5. The summed E-state index contributed by atoms with van der Waals surface area (Å²) in [6.45, 7) is 7.01. The monoisotopic (exact) mass is 272 g/mol. The first-order valence-electron chi connectivity index (χ1n) is 7.82. The average molecular weight is 272 g/mol. The summed E-state index contributed by atoms with van der Waals surface area (Å²) in [7, 11) is 0. The molecule has 3 rings (SSSR count). The first-order chi connectivity index (χ1) is 9.76. The Kier molecular flexibility index (Phi) is 3.79. The van der Waals surface area contributed by atoms with E-state index in [2.05, 4.69) is 36.2 Å². The third kappa shape index (κ3) is 2.14. The lowest BCUT2D eigenvalue weighted by molar-refractivity contribution is -0.105. The maximum absolute atomic E-state index is 10.9. The van der Waals surface area contributed by atoms with Gasteiger partial charge in [-0.05, 0) is 48.9 Å². The molecule has 1 aromatic carbocycles. The van der Waals surface area contributed by atoms with E-state index in [1.807, 2.05) is 6.07 Å². The van der Waals surface area contributed by atoms with Crippen LogP contribution in [0.3, 0.4) is 0 Å². The smallest absolute Gasteiger partial charge is 0.211 e. The molecule has 3 nitrogen and oxygen atoms in total. The van der Waals surface area contributed by atoms with E-state index in [4.69, 9.17) is 0 Å². The normalized spacial score (nSPS) is 28.8. The van der Waals surface area contributed by atoms with Crippen molar-refractivity contribution in [2.24, 2.45) is 5.92 Å². The van der Waals surface area contributed by atoms with Crippen LogP contribution in [0.25, 0.3) is 0 Å². The number of carbonyl (C=O) groups excluding carboxylic acids is 1. The zero-order valence-corrected chi connectivity index (χ0v) is 12.4. The number of likely N-dealkylation sites (tertiary alicyclic amines) is 1. The van der Waals surface area contributed by atoms with Gasteiger partial charge in [0.15, 0.2) is 0 Å². The number of hydrogen-bond donors (Lipinski definition) is 1. The van der Waals surface area contributed by atoms with E-state index < -0.39 is 0 Å². The van der Waals surface area contributed by atoms with E-state index in [1.165, 1.54) is 37.1 Å². The molecule has 108 valence electrons. The van der Waals surface area contributed by atoms with E-state index in [1.54, 1.807) is 0 Å². The summed E-state index contributed by atoms with van der Waals surface area (Å²) in [5, 5.41) is 2.92. The minimum Gasteiger partial charge on any atom is -0.328 e. The van der Waals surface area contributed by atoms with Crippen LogP contribution in [0.2, 0.25) is 0 Å². The molecule has 0 aromatic heterocycles. The zero-order valence-electron chi connectivity index (χ0n) is 12.4. The molecule has 1 aliphatic heterocycles. The third-order valence-corrected chi connectivity index (χ3v) is 4.98. The van der Waals surface area contributed by atoms with E-state index in [9.17, 15) is 4.79 Å². The average Bonchev–Trinajstić information content (AvgIpc) is 2.77. The molecule has 1 fully saturated rings. The number of amides is 1. The molecule has 1 saturated heterocycles. The highest BCUT2D eigenvalue weighted by Gasteiger charge is 2.43. The predicted molar refractivity (Wildman–Crippen MR) is 82.0 cm³/mol. The van der Waals surface area contributed by atoms with Gasteiger partial charge in [0, 0.05) is 24.2 Å². The van der Waals surface area contributed by atoms with Crippen LogP contribution in [0.15, 0.2) is 18.2 Å². The topological polar surface area (TPSA) is 32.3 Å². The van der Waals surface area contributed by atoms with Gasteiger partial charge in [-0.25, -0.2) is 0 Å². The lowest BCUT2D eigenvalue weighted by Gasteiger charge is -2.35. The molecule has 3 atom stereocenters. The Morgan fingerprint density at radius 1 is 1.45 bits per heavy atom. The fraction of sp³-hybridized carbons (Fsp3) is 0.588. The van der Waals surface area contributed by atoms with Crippen LogP contribution in [-0.2, 0) is 11.2 Å². The van der Waals surface area contributed by atoms with Gasteiger partial charge in [-0.2, -0.15) is 0 Å². The van der Waals surface area contributed by atoms with Gasteiger partial charge in [0.1, 0.15) is 0 Å². The number of anilines is 1. The number of nitrogens with zero attached hydrogens (tertiary/aromatic N) is 1. The van der Waals surface area contributed by atoms with Gasteiger partial charge in [0.2, 0.25) is 6.41 Å². The lowest BCUT2D eigenvalue weighted by Crippen LogP contribution is -2.35. The summed E-state index contributed by atoms with van der Waals surface area (Å²) in [6, 6.07) is 7.00. The Hall–Kier alpha value is -1.35. The number of nitrogens with one attached hydrogen (secondary N) is 1. The first kappa shape index (κ1) is 13.6. The second kappa shape index (κ2) is 5.57. The molecule has 2 aliphatic rings. The summed E-state index contributed by atoms with van der Waals surface area (Å²) >= 11 is 0. The second-order valence-electron chi connectivity index (χ2n) is 6.24. The van der Waals surface area contributed by atoms with Crippen LogP contribution >= 0.6 is 0 Å². The Balaban J connectivity index is 2.00. The van der Waals surface area contributed by atoms with Crippen LogP contribution in [0.5, 0.6) is 0 Å². The molecule has 0 radical (unpaired) electrons. The van der Waals surface area contributed by atoms with Crippen molar-refractivity contribution in [2.75, 3.05) is 18.4 Å². The summed E-state index contributed by atoms with van der Waals surface area (Å²) in [5.74, 6) is 1.24. The van der Waals surface area contributed by atoms with Crippen molar-refractivity contribution in [2.45, 2.75) is 45.1 Å². The molecule has 20 heavy (non-hydrogen) atoms. The van der Waals surface area contributed by atoms with Crippen molar-refractivity contribution >= 4 is 12.1 Å². The van der Waals surface area contributed by atoms with E-state index >= 15 is 0 Å². The molecule has 0 spiro atoms. The van der Waals surface area contributed by atoms with E-state index in [0.717, 1.165) is 18.5 Å². The molecule has 0 saturated carbocycles. The lowest BCUT2D eigenvalue weighted by atomic mass is 9.75. The van der Waals surface area contributed by atoms with Gasteiger partial charge < -0.3 is 5.32 Å². The van der Waals surface area contributed by atoms with Crippen molar-refractivity contribution in [3.63, 3.8) is 0 Å². The van der Waals surface area contributed by atoms with Crippen LogP contribution in [0.4, 0.5) is 5.69 Å². The van der Waals surface area contributed by atoms with Crippen molar-refractivity contribution in [1.29, 1.82) is 0 Å². The second-order valence-corrected chi connectivity index (χ2v) is 6.24. The molecule has 3 heteroatoms. The summed E-state index contributed by atoms with van der Waals surface area (Å²) in [6.07, 6.45) is 4.42. The number of rotatable bonds is 4. The molecule has 1 N–H and O–H groups in total. The predicted octanol–water partition coefficient (Wildman–Crippen LogP) is 3.02. The van der Waals surface area contributed by atoms with Gasteiger partial charge in [-0.3, -0.25) is 9.69 Å².